The second-order valence-corrected chi connectivity index (χ2v) is 15.0. The van der Waals surface area contributed by atoms with E-state index in [9.17, 15) is 9.59 Å². The fourth-order valence-electron chi connectivity index (χ4n) is 8.22. The lowest BCUT2D eigenvalue weighted by Gasteiger charge is -2.56. The number of halogens is 1. The third-order valence-electron chi connectivity index (χ3n) is 9.46. The average Bonchev–Trinajstić information content (AvgIpc) is 3.60. The van der Waals surface area contributed by atoms with Crippen LogP contribution in [0.1, 0.15) is 127 Å². The summed E-state index contributed by atoms with van der Waals surface area (Å²) in [4.78, 5) is 26.5. The summed E-state index contributed by atoms with van der Waals surface area (Å²) in [6.07, 6.45) is 11.3. The van der Waals surface area contributed by atoms with E-state index >= 15 is 4.39 Å². The topological polar surface area (TPSA) is 43.4 Å². The maximum Gasteiger partial charge on any atom is 0.166 e. The Balaban J connectivity index is 1.32. The molecule has 0 radical (unpaired) electrons. The van der Waals surface area contributed by atoms with Gasteiger partial charge >= 0.3 is 0 Å². The van der Waals surface area contributed by atoms with Gasteiger partial charge in [-0.15, -0.1) is 0 Å². The number of carbonyl (C=O) groups excluding carboxylic acids is 2. The Morgan fingerprint density at radius 2 is 1.62 bits per heavy atom. The highest BCUT2D eigenvalue weighted by atomic mass is 19.1. The zero-order valence-electron chi connectivity index (χ0n) is 23.7. The molecule has 4 heteroatoms. The van der Waals surface area contributed by atoms with E-state index in [-0.39, 0.29) is 40.3 Å². The van der Waals surface area contributed by atoms with Crippen LogP contribution in [-0.4, -0.2) is 18.2 Å². The van der Waals surface area contributed by atoms with Gasteiger partial charge in [-0.3, -0.25) is 9.59 Å². The highest BCUT2D eigenvalue weighted by Crippen LogP contribution is 2.60. The van der Waals surface area contributed by atoms with Gasteiger partial charge in [0.25, 0.3) is 0 Å². The van der Waals surface area contributed by atoms with Gasteiger partial charge in [0.1, 0.15) is 17.3 Å². The number of benzene rings is 1. The minimum Gasteiger partial charge on any atom is -0.493 e. The van der Waals surface area contributed by atoms with Gasteiger partial charge < -0.3 is 4.74 Å². The molecule has 5 fully saturated rings. The van der Waals surface area contributed by atoms with E-state index in [1.807, 2.05) is 20.8 Å². The van der Waals surface area contributed by atoms with Crippen LogP contribution in [0.5, 0.6) is 5.75 Å². The lowest BCUT2D eigenvalue weighted by atomic mass is 9.50. The molecule has 3 nitrogen and oxygen atoms in total. The lowest BCUT2D eigenvalue weighted by molar-refractivity contribution is -0.125. The summed E-state index contributed by atoms with van der Waals surface area (Å²) in [6.45, 7) is 11.0. The predicted octanol–water partition coefficient (Wildman–Crippen LogP) is 8.54. The quantitative estimate of drug-likeness (QED) is 0.280. The van der Waals surface area contributed by atoms with Gasteiger partial charge in [0.15, 0.2) is 5.78 Å². The van der Waals surface area contributed by atoms with Crippen molar-refractivity contribution in [2.45, 2.75) is 111 Å². The molecule has 4 bridgehead atoms. The van der Waals surface area contributed by atoms with E-state index in [1.165, 1.54) is 44.6 Å². The van der Waals surface area contributed by atoms with Crippen molar-refractivity contribution in [1.29, 1.82) is 0 Å². The maximum atomic E-state index is 15.4. The number of Topliss-reactive ketones (excluding diaryl/α,β-unsaturated/α-hetero) is 2. The van der Waals surface area contributed by atoms with Gasteiger partial charge in [-0.05, 0) is 104 Å². The number of ketones is 2. The molecule has 0 saturated heterocycles. The summed E-state index contributed by atoms with van der Waals surface area (Å²) in [6, 6.07) is 3.25. The molecule has 0 spiro atoms. The minimum atomic E-state index is -0.499. The van der Waals surface area contributed by atoms with E-state index < -0.39 is 5.82 Å². The first-order valence-corrected chi connectivity index (χ1v) is 14.9. The Hall–Kier alpha value is -1.71. The smallest absolute Gasteiger partial charge is 0.166 e. The van der Waals surface area contributed by atoms with Crippen molar-refractivity contribution in [3.05, 3.63) is 29.1 Å². The molecular formula is C33H47FO3. The van der Waals surface area contributed by atoms with Crippen LogP contribution in [0.15, 0.2) is 12.1 Å². The largest absolute Gasteiger partial charge is 0.493 e. The van der Waals surface area contributed by atoms with E-state index in [0.29, 0.717) is 37.0 Å². The molecule has 0 unspecified atom stereocenters. The molecule has 204 valence electrons. The first kappa shape index (κ1) is 26.9. The van der Waals surface area contributed by atoms with Crippen LogP contribution in [-0.2, 0) is 4.79 Å². The number of hydrogen-bond donors (Lipinski definition) is 0. The minimum absolute atomic E-state index is 0.0849. The summed E-state index contributed by atoms with van der Waals surface area (Å²) in [7, 11) is 0. The number of hydrogen-bond acceptors (Lipinski definition) is 3. The van der Waals surface area contributed by atoms with E-state index in [2.05, 4.69) is 13.8 Å². The van der Waals surface area contributed by atoms with Crippen molar-refractivity contribution in [2.24, 2.45) is 40.4 Å². The maximum absolute atomic E-state index is 15.4. The molecule has 6 rings (SSSR count). The van der Waals surface area contributed by atoms with Crippen molar-refractivity contribution in [3.63, 3.8) is 0 Å². The van der Waals surface area contributed by atoms with Crippen molar-refractivity contribution in [1.82, 2.24) is 0 Å². The molecule has 0 aromatic heterocycles. The van der Waals surface area contributed by atoms with E-state index in [0.717, 1.165) is 36.2 Å². The molecule has 0 heterocycles. The van der Waals surface area contributed by atoms with E-state index in [1.54, 1.807) is 6.07 Å². The summed E-state index contributed by atoms with van der Waals surface area (Å²) in [5, 5.41) is 0. The summed E-state index contributed by atoms with van der Waals surface area (Å²) in [5.74, 6) is 2.88. The monoisotopic (exact) mass is 510 g/mol. The summed E-state index contributed by atoms with van der Waals surface area (Å²) < 4.78 is 21.9. The summed E-state index contributed by atoms with van der Waals surface area (Å²) in [5.41, 5.74) is 1.27. The van der Waals surface area contributed by atoms with Crippen LogP contribution < -0.4 is 4.74 Å². The standard InChI is InChI=1S/C33H47FO3/c1-20(2)8-25(30(36)18-32(3,4)5)12-29(35)27-13-26(24-6-7-24)31(14-28(27)34)37-19-33-15-21-9-22(16-33)11-23(10-21)17-33/h13-14,20-25H,6-12,15-19H2,1-5H3/t21?,22?,23?,25-,33?/m1/s1. The Morgan fingerprint density at radius 1 is 1.03 bits per heavy atom. The van der Waals surface area contributed by atoms with Gasteiger partial charge in [-0.25, -0.2) is 4.39 Å². The zero-order chi connectivity index (χ0) is 26.5. The van der Waals surface area contributed by atoms with Crippen LogP contribution >= 0.6 is 0 Å². The number of rotatable bonds is 11. The van der Waals surface area contributed by atoms with Crippen molar-refractivity contribution < 1.29 is 18.7 Å². The lowest BCUT2D eigenvalue weighted by Crippen LogP contribution is -2.48. The zero-order valence-corrected chi connectivity index (χ0v) is 23.7. The molecule has 1 aromatic carbocycles. The number of carbonyl (C=O) groups is 2. The van der Waals surface area contributed by atoms with Crippen molar-refractivity contribution in [3.8, 4) is 5.75 Å². The second-order valence-electron chi connectivity index (χ2n) is 15.0. The van der Waals surface area contributed by atoms with Crippen LogP contribution in [0.25, 0.3) is 0 Å². The SMILES string of the molecule is CC(C)C[C@H](CC(=O)c1cc(C2CC2)c(OCC23CC4CC(CC(C4)C2)C3)cc1F)C(=O)CC(C)(C)C. The van der Waals surface area contributed by atoms with Gasteiger partial charge in [0, 0.05) is 30.2 Å². The Kier molecular flexibility index (Phi) is 7.35. The third-order valence-corrected chi connectivity index (χ3v) is 9.46. The van der Waals surface area contributed by atoms with Crippen molar-refractivity contribution >= 4 is 11.6 Å². The average molecular weight is 511 g/mol. The molecule has 5 saturated carbocycles. The molecule has 37 heavy (non-hydrogen) atoms. The molecule has 5 aliphatic rings. The fraction of sp³-hybridized carbons (Fsp3) is 0.758. The van der Waals surface area contributed by atoms with Gasteiger partial charge in [-0.2, -0.15) is 0 Å². The van der Waals surface area contributed by atoms with E-state index in [4.69, 9.17) is 4.74 Å². The Morgan fingerprint density at radius 3 is 2.14 bits per heavy atom. The Bertz CT molecular complexity index is 993. The van der Waals surface area contributed by atoms with Crippen LogP contribution in [0.2, 0.25) is 0 Å². The molecule has 1 aromatic rings. The molecular weight excluding hydrogens is 463 g/mol. The first-order chi connectivity index (χ1) is 17.4. The normalized spacial score (nSPS) is 29.5. The van der Waals surface area contributed by atoms with Crippen LogP contribution in [0.4, 0.5) is 4.39 Å². The van der Waals surface area contributed by atoms with Crippen LogP contribution in [0.3, 0.4) is 0 Å². The van der Waals surface area contributed by atoms with Crippen LogP contribution in [0, 0.1) is 46.2 Å². The van der Waals surface area contributed by atoms with Gasteiger partial charge in [0.2, 0.25) is 0 Å². The van der Waals surface area contributed by atoms with Gasteiger partial charge in [-0.1, -0.05) is 34.6 Å². The molecule has 0 amide bonds. The summed E-state index contributed by atoms with van der Waals surface area (Å²) >= 11 is 0. The highest BCUT2D eigenvalue weighted by molar-refractivity contribution is 5.99. The molecule has 0 N–H and O–H groups in total. The second kappa shape index (κ2) is 10.1. The molecule has 0 aliphatic heterocycles. The highest BCUT2D eigenvalue weighted by Gasteiger charge is 2.51. The van der Waals surface area contributed by atoms with Gasteiger partial charge in [0.05, 0.1) is 12.2 Å². The van der Waals surface area contributed by atoms with Crippen molar-refractivity contribution in [2.75, 3.05) is 6.61 Å². The first-order valence-electron chi connectivity index (χ1n) is 14.9. The number of ether oxygens (including phenoxy) is 1. The fourth-order valence-corrected chi connectivity index (χ4v) is 8.22. The third kappa shape index (κ3) is 6.31. The molecule has 5 aliphatic carbocycles. The molecule has 1 atom stereocenters. The predicted molar refractivity (Wildman–Crippen MR) is 145 cm³/mol. The Labute approximate surface area is 223 Å².